The van der Waals surface area contributed by atoms with Gasteiger partial charge >= 0.3 is 5.97 Å². The number of nitro groups is 1. The number of aromatic nitrogens is 1. The molecule has 3 rings (SSSR count). The van der Waals surface area contributed by atoms with Crippen LogP contribution in [0.5, 0.6) is 0 Å². The summed E-state index contributed by atoms with van der Waals surface area (Å²) in [6.45, 7) is 3.85. The highest BCUT2D eigenvalue weighted by Crippen LogP contribution is 2.25. The first-order valence-electron chi connectivity index (χ1n) is 8.28. The number of aliphatic imine (C=N–C) groups is 1. The Morgan fingerprint density at radius 3 is 2.43 bits per heavy atom. The zero-order valence-electron chi connectivity index (χ0n) is 15.1. The minimum atomic E-state index is -1.08. The smallest absolute Gasteiger partial charge is 0.337 e. The van der Waals surface area contributed by atoms with E-state index in [9.17, 15) is 14.9 Å². The van der Waals surface area contributed by atoms with E-state index in [1.165, 1.54) is 18.2 Å². The molecule has 0 aliphatic carbocycles. The summed E-state index contributed by atoms with van der Waals surface area (Å²) in [7, 11) is 0. The first-order chi connectivity index (χ1) is 13.3. The Labute approximate surface area is 165 Å². The molecule has 28 heavy (non-hydrogen) atoms. The van der Waals surface area contributed by atoms with E-state index >= 15 is 0 Å². The number of aryl methyl sites for hydroxylation is 1. The number of hydrogen-bond acceptors (Lipinski definition) is 4. The van der Waals surface area contributed by atoms with E-state index in [4.69, 9.17) is 16.7 Å². The van der Waals surface area contributed by atoms with Gasteiger partial charge in [-0.15, -0.1) is 0 Å². The number of aromatic carboxylic acids is 1. The first kappa shape index (κ1) is 19.3. The largest absolute Gasteiger partial charge is 0.478 e. The average Bonchev–Trinajstić information content (AvgIpc) is 2.93. The zero-order valence-corrected chi connectivity index (χ0v) is 15.8. The molecular weight excluding hydrogens is 382 g/mol. The Hall–Kier alpha value is -3.45. The predicted molar refractivity (Wildman–Crippen MR) is 108 cm³/mol. The molecule has 0 spiro atoms. The van der Waals surface area contributed by atoms with Gasteiger partial charge in [-0.25, -0.2) is 4.79 Å². The van der Waals surface area contributed by atoms with E-state index in [2.05, 4.69) is 4.99 Å². The lowest BCUT2D eigenvalue weighted by Gasteiger charge is -2.11. The van der Waals surface area contributed by atoms with Gasteiger partial charge in [0, 0.05) is 41.0 Å². The summed E-state index contributed by atoms with van der Waals surface area (Å²) < 4.78 is 1.95. The third kappa shape index (κ3) is 3.79. The van der Waals surface area contributed by atoms with Gasteiger partial charge in [-0.05, 0) is 50.2 Å². The molecule has 1 aromatic heterocycles. The Morgan fingerprint density at radius 1 is 1.18 bits per heavy atom. The summed E-state index contributed by atoms with van der Waals surface area (Å²) in [5.41, 5.74) is 4.12. The quantitative estimate of drug-likeness (QED) is 0.367. The Bertz CT molecular complexity index is 1100. The molecule has 0 aliphatic heterocycles. The molecule has 0 unspecified atom stereocenters. The topological polar surface area (TPSA) is 97.7 Å². The molecule has 1 heterocycles. The lowest BCUT2D eigenvalue weighted by atomic mass is 10.2. The minimum Gasteiger partial charge on any atom is -0.478 e. The van der Waals surface area contributed by atoms with Crippen molar-refractivity contribution in [3.05, 3.63) is 86.2 Å². The Morgan fingerprint density at radius 2 is 1.86 bits per heavy atom. The van der Waals surface area contributed by atoms with Gasteiger partial charge in [0.2, 0.25) is 0 Å². The lowest BCUT2D eigenvalue weighted by Crippen LogP contribution is -2.02. The SMILES string of the molecule is Cc1cc(C=Nc2ccc([N+](=O)[O-])cc2)c(C)n1-c1ccc(C(=O)O)c(Cl)c1. The van der Waals surface area contributed by atoms with Gasteiger partial charge in [-0.3, -0.25) is 15.1 Å². The van der Waals surface area contributed by atoms with Crippen molar-refractivity contribution < 1.29 is 14.8 Å². The zero-order chi connectivity index (χ0) is 20.4. The molecule has 0 fully saturated rings. The second-order valence-corrected chi connectivity index (χ2v) is 6.57. The number of benzene rings is 2. The van der Waals surface area contributed by atoms with Gasteiger partial charge in [0.1, 0.15) is 0 Å². The summed E-state index contributed by atoms with van der Waals surface area (Å²) in [6.07, 6.45) is 1.69. The fourth-order valence-corrected chi connectivity index (χ4v) is 3.19. The van der Waals surface area contributed by atoms with Crippen LogP contribution in [0.1, 0.15) is 27.3 Å². The van der Waals surface area contributed by atoms with E-state index in [-0.39, 0.29) is 16.3 Å². The second-order valence-electron chi connectivity index (χ2n) is 6.16. The number of hydrogen-bond donors (Lipinski definition) is 1. The molecule has 1 N–H and O–H groups in total. The van der Waals surface area contributed by atoms with Crippen molar-refractivity contribution in [2.75, 3.05) is 0 Å². The number of non-ortho nitro benzene ring substituents is 1. The molecule has 0 amide bonds. The maximum absolute atomic E-state index is 11.1. The number of nitrogens with zero attached hydrogens (tertiary/aromatic N) is 3. The summed E-state index contributed by atoms with van der Waals surface area (Å²) >= 11 is 6.09. The van der Waals surface area contributed by atoms with Crippen LogP contribution in [0.25, 0.3) is 5.69 Å². The highest BCUT2D eigenvalue weighted by Gasteiger charge is 2.13. The molecule has 2 aromatic carbocycles. The number of carboxylic acid groups (broad SMARTS) is 1. The summed E-state index contributed by atoms with van der Waals surface area (Å²) in [6, 6.07) is 12.7. The van der Waals surface area contributed by atoms with Crippen LogP contribution in [-0.4, -0.2) is 26.8 Å². The monoisotopic (exact) mass is 397 g/mol. The summed E-state index contributed by atoms with van der Waals surface area (Å²) in [4.78, 5) is 25.8. The van der Waals surface area contributed by atoms with Gasteiger partial charge in [0.25, 0.3) is 5.69 Å². The summed E-state index contributed by atoms with van der Waals surface area (Å²) in [5, 5.41) is 20.0. The van der Waals surface area contributed by atoms with Crippen molar-refractivity contribution in [1.82, 2.24) is 4.57 Å². The lowest BCUT2D eigenvalue weighted by molar-refractivity contribution is -0.384. The molecule has 0 radical (unpaired) electrons. The third-order valence-electron chi connectivity index (χ3n) is 4.32. The number of nitro benzene ring substituents is 1. The number of carboxylic acids is 1. The van der Waals surface area contributed by atoms with Crippen molar-refractivity contribution in [2.24, 2.45) is 4.99 Å². The molecule has 7 nitrogen and oxygen atoms in total. The Balaban J connectivity index is 1.92. The standard InChI is InChI=1S/C20H16ClN3O4/c1-12-9-14(11-22-15-3-5-16(6-4-15)24(27)28)13(2)23(12)17-7-8-18(20(25)26)19(21)10-17/h3-11H,1-2H3,(H,25,26). The molecule has 0 bridgehead atoms. The van der Waals surface area contributed by atoms with Crippen molar-refractivity contribution in [3.63, 3.8) is 0 Å². The number of carbonyl (C=O) groups is 1. The van der Waals surface area contributed by atoms with E-state index in [0.29, 0.717) is 5.69 Å². The van der Waals surface area contributed by atoms with Crippen LogP contribution in [0.2, 0.25) is 5.02 Å². The van der Waals surface area contributed by atoms with Crippen molar-refractivity contribution in [1.29, 1.82) is 0 Å². The molecule has 0 aliphatic rings. The van der Waals surface area contributed by atoms with Crippen LogP contribution in [0.3, 0.4) is 0 Å². The van der Waals surface area contributed by atoms with Gasteiger partial charge in [0.15, 0.2) is 0 Å². The van der Waals surface area contributed by atoms with Gasteiger partial charge in [-0.1, -0.05) is 11.6 Å². The number of rotatable bonds is 5. The van der Waals surface area contributed by atoms with E-state index in [1.807, 2.05) is 24.5 Å². The van der Waals surface area contributed by atoms with E-state index < -0.39 is 10.9 Å². The predicted octanol–water partition coefficient (Wildman–Crippen LogP) is 5.10. The molecule has 0 atom stereocenters. The molecule has 0 saturated heterocycles. The van der Waals surface area contributed by atoms with Crippen LogP contribution in [-0.2, 0) is 0 Å². The van der Waals surface area contributed by atoms with Crippen LogP contribution in [0, 0.1) is 24.0 Å². The Kier molecular flexibility index (Phi) is 5.28. The van der Waals surface area contributed by atoms with Crippen LogP contribution in [0.4, 0.5) is 11.4 Å². The molecule has 0 saturated carbocycles. The van der Waals surface area contributed by atoms with Crippen molar-refractivity contribution in [3.8, 4) is 5.69 Å². The highest BCUT2D eigenvalue weighted by atomic mass is 35.5. The fraction of sp³-hybridized carbons (Fsp3) is 0.100. The third-order valence-corrected chi connectivity index (χ3v) is 4.64. The van der Waals surface area contributed by atoms with Crippen LogP contribution < -0.4 is 0 Å². The van der Waals surface area contributed by atoms with E-state index in [1.54, 1.807) is 30.5 Å². The summed E-state index contributed by atoms with van der Waals surface area (Å²) in [5.74, 6) is -1.08. The first-order valence-corrected chi connectivity index (χ1v) is 8.66. The molecule has 8 heteroatoms. The number of halogens is 1. The van der Waals surface area contributed by atoms with Crippen molar-refractivity contribution in [2.45, 2.75) is 13.8 Å². The average molecular weight is 398 g/mol. The van der Waals surface area contributed by atoms with Crippen molar-refractivity contribution >= 4 is 35.2 Å². The van der Waals surface area contributed by atoms with E-state index in [0.717, 1.165) is 22.6 Å². The maximum atomic E-state index is 11.1. The van der Waals surface area contributed by atoms with Crippen LogP contribution in [0.15, 0.2) is 53.5 Å². The van der Waals surface area contributed by atoms with Crippen LogP contribution >= 0.6 is 11.6 Å². The van der Waals surface area contributed by atoms with Gasteiger partial charge < -0.3 is 9.67 Å². The highest BCUT2D eigenvalue weighted by molar-refractivity contribution is 6.33. The maximum Gasteiger partial charge on any atom is 0.337 e. The fourth-order valence-electron chi connectivity index (χ4n) is 2.94. The second kappa shape index (κ2) is 7.66. The molecule has 142 valence electrons. The molecule has 3 aromatic rings. The normalized spacial score (nSPS) is 11.1. The van der Waals surface area contributed by atoms with Gasteiger partial charge in [0.05, 0.1) is 21.2 Å². The molecular formula is C20H16ClN3O4. The minimum absolute atomic E-state index is 0.0128. The van der Waals surface area contributed by atoms with Gasteiger partial charge in [-0.2, -0.15) is 0 Å².